The van der Waals surface area contributed by atoms with Gasteiger partial charge in [-0.2, -0.15) is 13.2 Å². The van der Waals surface area contributed by atoms with Crippen molar-refractivity contribution < 1.29 is 27.1 Å². The Morgan fingerprint density at radius 1 is 1.03 bits per heavy atom. The molecular formula is C25H17BrF4N2O2. The summed E-state index contributed by atoms with van der Waals surface area (Å²) in [5.41, 5.74) is 2.31. The molecule has 1 aromatic heterocycles. The molecule has 5 rings (SSSR count). The van der Waals surface area contributed by atoms with Crippen molar-refractivity contribution in [2.45, 2.75) is 18.6 Å². The molecule has 0 bridgehead atoms. The van der Waals surface area contributed by atoms with Gasteiger partial charge in [-0.15, -0.1) is 0 Å². The number of nitrogens with zero attached hydrogens (tertiary/aromatic N) is 1. The first-order chi connectivity index (χ1) is 16.2. The maximum Gasteiger partial charge on any atom is 0.416 e. The molecule has 34 heavy (non-hydrogen) atoms. The van der Waals surface area contributed by atoms with Crippen LogP contribution in [-0.4, -0.2) is 22.5 Å². The summed E-state index contributed by atoms with van der Waals surface area (Å²) in [6.07, 6.45) is -4.62. The molecule has 0 aliphatic carbocycles. The second kappa shape index (κ2) is 8.47. The molecule has 1 aliphatic rings. The van der Waals surface area contributed by atoms with Crippen molar-refractivity contribution in [3.63, 3.8) is 0 Å². The number of aromatic nitrogens is 1. The molecule has 0 fully saturated rings. The first-order valence-corrected chi connectivity index (χ1v) is 11.2. The molecule has 4 nitrogen and oxygen atoms in total. The number of halogens is 5. The van der Waals surface area contributed by atoms with E-state index >= 15 is 0 Å². The Labute approximate surface area is 200 Å². The number of ether oxygens (including phenoxy) is 1. The number of alkyl halides is 3. The average Bonchev–Trinajstić information content (AvgIpc) is 3.17. The number of nitrogens with one attached hydrogen (secondary N) is 1. The Bertz CT molecular complexity index is 1360. The van der Waals surface area contributed by atoms with Crippen molar-refractivity contribution >= 4 is 32.9 Å². The van der Waals surface area contributed by atoms with Gasteiger partial charge in [-0.1, -0.05) is 28.1 Å². The monoisotopic (exact) mass is 532 g/mol. The van der Waals surface area contributed by atoms with Gasteiger partial charge in [0.2, 0.25) is 0 Å². The first kappa shape index (κ1) is 22.5. The van der Waals surface area contributed by atoms with E-state index in [1.165, 1.54) is 41.3 Å². The van der Waals surface area contributed by atoms with Gasteiger partial charge < -0.3 is 9.72 Å². The second-order valence-electron chi connectivity index (χ2n) is 7.99. The van der Waals surface area contributed by atoms with E-state index in [2.05, 4.69) is 20.9 Å². The SMILES string of the molecule is O=C(Oc1ccc(F)cc1)N1CCc2c([nH]c3ccc(Br)cc23)C1c1ccc(C(F)(F)F)cc1. The van der Waals surface area contributed by atoms with Gasteiger partial charge in [0, 0.05) is 27.6 Å². The second-order valence-corrected chi connectivity index (χ2v) is 8.91. The van der Waals surface area contributed by atoms with Gasteiger partial charge >= 0.3 is 12.3 Å². The predicted molar refractivity (Wildman–Crippen MR) is 122 cm³/mol. The molecule has 1 atom stereocenters. The quantitative estimate of drug-likeness (QED) is 0.276. The molecule has 1 amide bonds. The van der Waals surface area contributed by atoms with Gasteiger partial charge in [-0.25, -0.2) is 9.18 Å². The summed E-state index contributed by atoms with van der Waals surface area (Å²) < 4.78 is 59.0. The summed E-state index contributed by atoms with van der Waals surface area (Å²) in [6, 6.07) is 14.9. The van der Waals surface area contributed by atoms with E-state index in [1.54, 1.807) is 0 Å². The van der Waals surface area contributed by atoms with E-state index in [9.17, 15) is 22.4 Å². The highest BCUT2D eigenvalue weighted by molar-refractivity contribution is 9.10. The lowest BCUT2D eigenvalue weighted by Crippen LogP contribution is -2.42. The number of hydrogen-bond donors (Lipinski definition) is 1. The van der Waals surface area contributed by atoms with E-state index < -0.39 is 29.7 Å². The van der Waals surface area contributed by atoms with E-state index in [1.807, 2.05) is 18.2 Å². The standard InChI is InChI=1S/C25H17BrF4N2O2/c26-16-5-10-21-20(13-16)19-11-12-32(24(33)34-18-8-6-17(27)7-9-18)23(22(19)31-21)14-1-3-15(4-2-14)25(28,29)30/h1-10,13,23,31H,11-12H2. The van der Waals surface area contributed by atoms with Gasteiger partial charge in [0.1, 0.15) is 17.6 Å². The smallest absolute Gasteiger partial charge is 0.410 e. The minimum Gasteiger partial charge on any atom is -0.410 e. The van der Waals surface area contributed by atoms with Gasteiger partial charge in [0.05, 0.1) is 5.56 Å². The first-order valence-electron chi connectivity index (χ1n) is 10.4. The molecule has 0 radical (unpaired) electrons. The number of H-pyrrole nitrogens is 1. The normalized spacial score (nSPS) is 15.9. The highest BCUT2D eigenvalue weighted by atomic mass is 79.9. The Morgan fingerprint density at radius 3 is 2.41 bits per heavy atom. The van der Waals surface area contributed by atoms with Crippen LogP contribution in [0.5, 0.6) is 5.75 Å². The highest BCUT2D eigenvalue weighted by Gasteiger charge is 2.37. The number of rotatable bonds is 2. The molecule has 3 aromatic carbocycles. The molecule has 0 saturated heterocycles. The maximum atomic E-state index is 13.2. The summed E-state index contributed by atoms with van der Waals surface area (Å²) in [7, 11) is 0. The number of benzene rings is 3. The largest absolute Gasteiger partial charge is 0.416 e. The maximum absolute atomic E-state index is 13.2. The minimum atomic E-state index is -4.47. The van der Waals surface area contributed by atoms with Gasteiger partial charge in [0.15, 0.2) is 0 Å². The van der Waals surface area contributed by atoms with Crippen molar-refractivity contribution in [1.29, 1.82) is 0 Å². The Balaban J connectivity index is 1.57. The van der Waals surface area contributed by atoms with E-state index in [0.717, 1.165) is 38.8 Å². The van der Waals surface area contributed by atoms with Crippen LogP contribution in [0.3, 0.4) is 0 Å². The molecular weight excluding hydrogens is 516 g/mol. The Hall–Kier alpha value is -3.33. The third-order valence-electron chi connectivity index (χ3n) is 5.90. The lowest BCUT2D eigenvalue weighted by Gasteiger charge is -2.35. The highest BCUT2D eigenvalue weighted by Crippen LogP contribution is 2.40. The van der Waals surface area contributed by atoms with Gasteiger partial charge in [-0.05, 0) is 72.1 Å². The number of aromatic amines is 1. The molecule has 4 aromatic rings. The molecule has 0 saturated carbocycles. The van der Waals surface area contributed by atoms with Crippen LogP contribution in [0.15, 0.2) is 71.2 Å². The van der Waals surface area contributed by atoms with Crippen molar-refractivity contribution in [3.05, 3.63) is 99.4 Å². The summed E-state index contributed by atoms with van der Waals surface area (Å²) in [5.74, 6) is -0.293. The third-order valence-corrected chi connectivity index (χ3v) is 6.39. The van der Waals surface area contributed by atoms with Crippen LogP contribution < -0.4 is 4.74 Å². The summed E-state index contributed by atoms with van der Waals surface area (Å²) in [5, 5.41) is 0.979. The topological polar surface area (TPSA) is 45.3 Å². The van der Waals surface area contributed by atoms with Crippen LogP contribution in [0, 0.1) is 5.82 Å². The molecule has 0 spiro atoms. The van der Waals surface area contributed by atoms with Crippen molar-refractivity contribution in [1.82, 2.24) is 9.88 Å². The molecule has 174 valence electrons. The summed E-state index contributed by atoms with van der Waals surface area (Å²) >= 11 is 3.48. The zero-order valence-electron chi connectivity index (χ0n) is 17.5. The predicted octanol–water partition coefficient (Wildman–Crippen LogP) is 7.23. The van der Waals surface area contributed by atoms with E-state index in [0.29, 0.717) is 12.0 Å². The van der Waals surface area contributed by atoms with Gasteiger partial charge in [-0.3, -0.25) is 4.90 Å². The fourth-order valence-electron chi connectivity index (χ4n) is 4.32. The van der Waals surface area contributed by atoms with Crippen LogP contribution in [-0.2, 0) is 12.6 Å². The molecule has 2 heterocycles. The summed E-state index contributed by atoms with van der Waals surface area (Å²) in [4.78, 5) is 18.0. The number of hydrogen-bond acceptors (Lipinski definition) is 2. The van der Waals surface area contributed by atoms with Crippen LogP contribution in [0.4, 0.5) is 22.4 Å². The van der Waals surface area contributed by atoms with Crippen molar-refractivity contribution in [2.75, 3.05) is 6.54 Å². The number of amides is 1. The van der Waals surface area contributed by atoms with Crippen LogP contribution >= 0.6 is 15.9 Å². The lowest BCUT2D eigenvalue weighted by molar-refractivity contribution is -0.137. The van der Waals surface area contributed by atoms with Crippen LogP contribution in [0.2, 0.25) is 0 Å². The van der Waals surface area contributed by atoms with E-state index in [4.69, 9.17) is 4.74 Å². The lowest BCUT2D eigenvalue weighted by atomic mass is 9.92. The number of fused-ring (bicyclic) bond motifs is 3. The zero-order chi connectivity index (χ0) is 24.0. The average molecular weight is 533 g/mol. The zero-order valence-corrected chi connectivity index (χ0v) is 19.1. The van der Waals surface area contributed by atoms with E-state index in [-0.39, 0.29) is 12.3 Å². The van der Waals surface area contributed by atoms with Gasteiger partial charge in [0.25, 0.3) is 0 Å². The Morgan fingerprint density at radius 2 is 1.74 bits per heavy atom. The molecule has 1 unspecified atom stereocenters. The molecule has 1 N–H and O–H groups in total. The fraction of sp³-hybridized carbons (Fsp3) is 0.160. The third kappa shape index (κ3) is 4.16. The number of carbonyl (C=O) groups excluding carboxylic acids is 1. The van der Waals surface area contributed by atoms with Crippen molar-refractivity contribution in [2.24, 2.45) is 0 Å². The fourth-order valence-corrected chi connectivity index (χ4v) is 4.68. The van der Waals surface area contributed by atoms with Crippen LogP contribution in [0.25, 0.3) is 10.9 Å². The minimum absolute atomic E-state index is 0.170. The Kier molecular flexibility index (Phi) is 5.59. The summed E-state index contributed by atoms with van der Waals surface area (Å²) in [6.45, 7) is 0.290. The number of carbonyl (C=O) groups is 1. The van der Waals surface area contributed by atoms with Crippen LogP contribution in [0.1, 0.15) is 28.4 Å². The molecule has 1 aliphatic heterocycles. The molecule has 9 heteroatoms. The van der Waals surface area contributed by atoms with Crippen molar-refractivity contribution in [3.8, 4) is 5.75 Å².